The molecule has 2 rings (SSSR count). The van der Waals surface area contributed by atoms with Crippen LogP contribution in [0.1, 0.15) is 25.2 Å². The first-order valence-electron chi connectivity index (χ1n) is 8.29. The molecule has 0 aliphatic heterocycles. The minimum absolute atomic E-state index is 0.0178. The van der Waals surface area contributed by atoms with Gasteiger partial charge in [-0.2, -0.15) is 0 Å². The van der Waals surface area contributed by atoms with E-state index < -0.39 is 17.8 Å². The van der Waals surface area contributed by atoms with E-state index in [1.54, 1.807) is 6.07 Å². The number of nitrogens with one attached hydrogen (secondary N) is 2. The Hall–Kier alpha value is -2.35. The maximum atomic E-state index is 13.5. The summed E-state index contributed by atoms with van der Waals surface area (Å²) in [7, 11) is 0. The van der Waals surface area contributed by atoms with Crippen LogP contribution in [0, 0.1) is 25.6 Å². The third-order valence-corrected chi connectivity index (χ3v) is 4.65. The van der Waals surface area contributed by atoms with Gasteiger partial charge < -0.3 is 9.88 Å². The summed E-state index contributed by atoms with van der Waals surface area (Å²) in [5.74, 6) is -0.551. The third-order valence-electron chi connectivity index (χ3n) is 3.68. The third kappa shape index (κ3) is 5.32. The highest BCUT2D eigenvalue weighted by Crippen LogP contribution is 2.22. The van der Waals surface area contributed by atoms with Crippen LogP contribution in [0.25, 0.3) is 0 Å². The smallest absolute Gasteiger partial charge is 0.323 e. The quantitative estimate of drug-likeness (QED) is 0.751. The fourth-order valence-corrected chi connectivity index (χ4v) is 3.22. The van der Waals surface area contributed by atoms with Gasteiger partial charge in [0.2, 0.25) is 5.91 Å². The van der Waals surface area contributed by atoms with Crippen molar-refractivity contribution < 1.29 is 14.0 Å². The average Bonchev–Trinajstić information content (AvgIpc) is 2.82. The number of para-hydroxylation sites is 1. The van der Waals surface area contributed by atoms with Crippen molar-refractivity contribution >= 4 is 29.4 Å². The number of benzene rings is 1. The lowest BCUT2D eigenvalue weighted by Crippen LogP contribution is -2.35. The fourth-order valence-electron chi connectivity index (χ4n) is 2.32. The van der Waals surface area contributed by atoms with Crippen LogP contribution >= 0.6 is 11.8 Å². The fraction of sp³-hybridized carbons (Fsp3) is 0.389. The Bertz CT molecular complexity index is 804. The van der Waals surface area contributed by atoms with E-state index in [4.69, 9.17) is 0 Å². The number of hydrogen-bond acceptors (Lipinski definition) is 4. The summed E-state index contributed by atoms with van der Waals surface area (Å²) in [5.41, 5.74) is 2.01. The number of thioether (sulfide) groups is 1. The second-order valence-electron chi connectivity index (χ2n) is 6.34. The number of urea groups is 1. The van der Waals surface area contributed by atoms with Crippen molar-refractivity contribution in [2.75, 3.05) is 11.1 Å². The summed E-state index contributed by atoms with van der Waals surface area (Å²) in [6, 6.07) is 4.99. The molecule has 0 atom stereocenters. The maximum Gasteiger partial charge on any atom is 0.325 e. The van der Waals surface area contributed by atoms with Crippen molar-refractivity contribution in [3.8, 4) is 0 Å². The molecule has 2 aromatic rings. The molecule has 1 heterocycles. The lowest BCUT2D eigenvalue weighted by atomic mass is 10.2. The van der Waals surface area contributed by atoms with E-state index in [0.717, 1.165) is 23.1 Å². The molecule has 2 N–H and O–H groups in total. The predicted octanol–water partition coefficient (Wildman–Crippen LogP) is 3.74. The van der Waals surface area contributed by atoms with Gasteiger partial charge in [0, 0.05) is 12.2 Å². The van der Waals surface area contributed by atoms with Crippen LogP contribution in [-0.2, 0) is 11.3 Å². The maximum absolute atomic E-state index is 13.5. The monoisotopic (exact) mass is 378 g/mol. The van der Waals surface area contributed by atoms with Crippen molar-refractivity contribution in [2.24, 2.45) is 5.92 Å². The molecular formula is C18H23FN4O2S. The molecule has 3 amide bonds. The van der Waals surface area contributed by atoms with Crippen LogP contribution in [0.3, 0.4) is 0 Å². The Kier molecular flexibility index (Phi) is 6.79. The van der Waals surface area contributed by atoms with Crippen molar-refractivity contribution in [3.05, 3.63) is 41.5 Å². The number of rotatable bonds is 6. The van der Waals surface area contributed by atoms with Crippen LogP contribution in [-0.4, -0.2) is 27.2 Å². The minimum Gasteiger partial charge on any atom is -0.323 e. The Balaban J connectivity index is 1.92. The molecule has 26 heavy (non-hydrogen) atoms. The van der Waals surface area contributed by atoms with Gasteiger partial charge in [-0.15, -0.1) is 0 Å². The lowest BCUT2D eigenvalue weighted by Gasteiger charge is -2.12. The molecule has 6 nitrogen and oxygen atoms in total. The van der Waals surface area contributed by atoms with E-state index in [1.807, 2.05) is 13.8 Å². The SMILES string of the molecule is Cc1nc(SCC(=O)NC(=O)Nc2ccccc2F)n(CC(C)C)c1C. The molecule has 0 fully saturated rings. The van der Waals surface area contributed by atoms with Gasteiger partial charge in [-0.05, 0) is 31.9 Å². The molecule has 0 saturated heterocycles. The summed E-state index contributed by atoms with van der Waals surface area (Å²) in [4.78, 5) is 28.3. The molecule has 1 aromatic carbocycles. The standard InChI is InChI=1S/C18H23FN4O2S/c1-11(2)9-23-13(4)12(3)20-18(23)26-10-16(24)22-17(25)21-15-8-6-5-7-14(15)19/h5-8,11H,9-10H2,1-4H3,(H2,21,22,24,25). The van der Waals surface area contributed by atoms with Crippen LogP contribution in [0.5, 0.6) is 0 Å². The second-order valence-corrected chi connectivity index (χ2v) is 7.28. The Labute approximate surface area is 156 Å². The number of hydrogen-bond donors (Lipinski definition) is 2. The zero-order valence-corrected chi connectivity index (χ0v) is 16.1. The molecule has 0 radical (unpaired) electrons. The highest BCUT2D eigenvalue weighted by molar-refractivity contribution is 7.99. The number of aryl methyl sites for hydroxylation is 1. The Morgan fingerprint density at radius 1 is 1.27 bits per heavy atom. The highest BCUT2D eigenvalue weighted by Gasteiger charge is 2.15. The van der Waals surface area contributed by atoms with Crippen LogP contribution in [0.4, 0.5) is 14.9 Å². The van der Waals surface area contributed by atoms with E-state index in [1.165, 1.54) is 30.0 Å². The molecule has 1 aromatic heterocycles. The number of halogens is 1. The molecule has 0 bridgehead atoms. The molecule has 0 unspecified atom stereocenters. The van der Waals surface area contributed by atoms with Gasteiger partial charge in [0.1, 0.15) is 5.82 Å². The van der Waals surface area contributed by atoms with E-state index in [0.29, 0.717) is 5.92 Å². The van der Waals surface area contributed by atoms with Gasteiger partial charge in [0.25, 0.3) is 0 Å². The number of imidazole rings is 1. The highest BCUT2D eigenvalue weighted by atomic mass is 32.2. The predicted molar refractivity (Wildman–Crippen MR) is 101 cm³/mol. The average molecular weight is 378 g/mol. The molecule has 140 valence electrons. The zero-order valence-electron chi connectivity index (χ0n) is 15.3. The zero-order chi connectivity index (χ0) is 19.3. The van der Waals surface area contributed by atoms with E-state index in [-0.39, 0.29) is 11.4 Å². The van der Waals surface area contributed by atoms with Crippen molar-refractivity contribution in [2.45, 2.75) is 39.4 Å². The lowest BCUT2D eigenvalue weighted by molar-refractivity contribution is -0.117. The summed E-state index contributed by atoms with van der Waals surface area (Å²) < 4.78 is 15.6. The van der Waals surface area contributed by atoms with E-state index in [2.05, 4.69) is 34.0 Å². The van der Waals surface area contributed by atoms with Gasteiger partial charge in [0.15, 0.2) is 5.16 Å². The number of carbonyl (C=O) groups is 2. The van der Waals surface area contributed by atoms with Gasteiger partial charge in [-0.25, -0.2) is 14.2 Å². The van der Waals surface area contributed by atoms with E-state index in [9.17, 15) is 14.0 Å². The van der Waals surface area contributed by atoms with Crippen LogP contribution < -0.4 is 10.6 Å². The number of nitrogens with zero attached hydrogens (tertiary/aromatic N) is 2. The number of imide groups is 1. The first-order chi connectivity index (χ1) is 12.3. The second kappa shape index (κ2) is 8.84. The number of carbonyl (C=O) groups excluding carboxylic acids is 2. The molecule has 0 spiro atoms. The molecule has 0 aliphatic carbocycles. The van der Waals surface area contributed by atoms with Gasteiger partial charge in [0.05, 0.1) is 17.1 Å². The van der Waals surface area contributed by atoms with Crippen molar-refractivity contribution in [1.29, 1.82) is 0 Å². The first-order valence-corrected chi connectivity index (χ1v) is 9.28. The van der Waals surface area contributed by atoms with Crippen molar-refractivity contribution in [1.82, 2.24) is 14.9 Å². The topological polar surface area (TPSA) is 76.0 Å². The largest absolute Gasteiger partial charge is 0.325 e. The van der Waals surface area contributed by atoms with Gasteiger partial charge >= 0.3 is 6.03 Å². The van der Waals surface area contributed by atoms with Crippen molar-refractivity contribution in [3.63, 3.8) is 0 Å². The normalized spacial score (nSPS) is 10.8. The molecule has 0 saturated carbocycles. The summed E-state index contributed by atoms with van der Waals surface area (Å²) in [6.07, 6.45) is 0. The first kappa shape index (κ1) is 20.0. The summed E-state index contributed by atoms with van der Waals surface area (Å²) >= 11 is 1.27. The number of anilines is 1. The Morgan fingerprint density at radius 2 is 1.96 bits per heavy atom. The minimum atomic E-state index is -0.765. The van der Waals surface area contributed by atoms with Crippen LogP contribution in [0.2, 0.25) is 0 Å². The van der Waals surface area contributed by atoms with Gasteiger partial charge in [-0.3, -0.25) is 10.1 Å². The summed E-state index contributed by atoms with van der Waals surface area (Å²) in [6.45, 7) is 8.96. The molecule has 0 aliphatic rings. The number of aromatic nitrogens is 2. The van der Waals surface area contributed by atoms with Crippen LogP contribution in [0.15, 0.2) is 29.4 Å². The molecular weight excluding hydrogens is 355 g/mol. The Morgan fingerprint density at radius 3 is 2.62 bits per heavy atom. The van der Waals surface area contributed by atoms with E-state index >= 15 is 0 Å². The molecule has 8 heteroatoms. The van der Waals surface area contributed by atoms with Gasteiger partial charge in [-0.1, -0.05) is 37.7 Å². The number of amides is 3. The summed E-state index contributed by atoms with van der Waals surface area (Å²) in [5, 5.41) is 5.26.